The standard InChI is InChI=1S/C15H23N3O10/c16-7(13(22)23)1-4-10(19)27-11(20)6-3-9(18)15(26)28-12(21)5-2-8(17)14(24)25/h7-9H,1-6,16-18H2,(H,22,23)(H,24,25)/t7-,8-,9?/m0/s1. The minimum atomic E-state index is -1.36. The molecule has 158 valence electrons. The van der Waals surface area contributed by atoms with Crippen molar-refractivity contribution in [1.82, 2.24) is 0 Å². The Kier molecular flexibility index (Phi) is 11.2. The molecule has 0 aliphatic rings. The maximum absolute atomic E-state index is 11.6. The molecule has 0 saturated carbocycles. The van der Waals surface area contributed by atoms with Gasteiger partial charge < -0.3 is 36.9 Å². The van der Waals surface area contributed by atoms with Crippen molar-refractivity contribution < 1.29 is 48.5 Å². The number of carboxylic acid groups (broad SMARTS) is 2. The molecule has 0 aromatic carbocycles. The van der Waals surface area contributed by atoms with Gasteiger partial charge in [0.1, 0.15) is 18.1 Å². The molecule has 0 aliphatic carbocycles. The molecule has 28 heavy (non-hydrogen) atoms. The fourth-order valence-corrected chi connectivity index (χ4v) is 1.65. The zero-order valence-electron chi connectivity index (χ0n) is 14.9. The molecule has 3 atom stereocenters. The van der Waals surface area contributed by atoms with E-state index >= 15 is 0 Å². The molecule has 0 rings (SSSR count). The molecule has 0 bridgehead atoms. The number of carbonyl (C=O) groups is 6. The van der Waals surface area contributed by atoms with Gasteiger partial charge in [0, 0.05) is 19.3 Å². The van der Waals surface area contributed by atoms with Crippen LogP contribution in [0.1, 0.15) is 38.5 Å². The Balaban J connectivity index is 4.15. The highest BCUT2D eigenvalue weighted by Crippen LogP contribution is 2.04. The quantitative estimate of drug-likeness (QED) is 0.168. The van der Waals surface area contributed by atoms with E-state index in [1.165, 1.54) is 0 Å². The number of nitrogens with two attached hydrogens (primary N) is 3. The second-order valence-corrected chi connectivity index (χ2v) is 5.75. The highest BCUT2D eigenvalue weighted by Gasteiger charge is 2.22. The molecular formula is C15H23N3O10. The SMILES string of the molecule is NC(CCC(=O)OC(=O)CC[C@H](N)C(=O)O)C(=O)OC(=O)CC[C@H](N)C(=O)O. The lowest BCUT2D eigenvalue weighted by molar-refractivity contribution is -0.160. The first kappa shape index (κ1) is 25.1. The van der Waals surface area contributed by atoms with E-state index < -0.39 is 66.8 Å². The van der Waals surface area contributed by atoms with E-state index in [-0.39, 0.29) is 25.7 Å². The van der Waals surface area contributed by atoms with E-state index in [0.717, 1.165) is 0 Å². The molecule has 13 heteroatoms. The third-order valence-electron chi connectivity index (χ3n) is 3.36. The summed E-state index contributed by atoms with van der Waals surface area (Å²) in [6, 6.07) is -3.91. The highest BCUT2D eigenvalue weighted by atomic mass is 16.6. The van der Waals surface area contributed by atoms with Crippen LogP contribution in [0.25, 0.3) is 0 Å². The van der Waals surface area contributed by atoms with Crippen molar-refractivity contribution in [2.45, 2.75) is 56.7 Å². The summed E-state index contributed by atoms with van der Waals surface area (Å²) in [6.45, 7) is 0. The van der Waals surface area contributed by atoms with Crippen LogP contribution in [0.5, 0.6) is 0 Å². The number of rotatable bonds is 12. The first-order valence-electron chi connectivity index (χ1n) is 8.14. The van der Waals surface area contributed by atoms with E-state index in [0.29, 0.717) is 0 Å². The van der Waals surface area contributed by atoms with Gasteiger partial charge in [-0.05, 0) is 19.3 Å². The first-order valence-corrected chi connectivity index (χ1v) is 8.14. The summed E-state index contributed by atoms with van der Waals surface area (Å²) in [4.78, 5) is 66.9. The first-order chi connectivity index (χ1) is 12.9. The molecule has 0 radical (unpaired) electrons. The molecule has 0 aromatic heterocycles. The van der Waals surface area contributed by atoms with E-state index in [9.17, 15) is 28.8 Å². The number of esters is 4. The predicted molar refractivity (Wildman–Crippen MR) is 89.1 cm³/mol. The summed E-state index contributed by atoms with van der Waals surface area (Å²) >= 11 is 0. The third kappa shape index (κ3) is 10.9. The summed E-state index contributed by atoms with van der Waals surface area (Å²) in [5, 5.41) is 17.1. The maximum atomic E-state index is 11.6. The summed E-state index contributed by atoms with van der Waals surface area (Å²) in [5.41, 5.74) is 15.9. The Morgan fingerprint density at radius 2 is 0.929 bits per heavy atom. The molecule has 1 unspecified atom stereocenters. The number of ether oxygens (including phenoxy) is 2. The molecule has 8 N–H and O–H groups in total. The summed E-state index contributed by atoms with van der Waals surface area (Å²) in [5.74, 6) is -6.76. The number of hydrogen-bond acceptors (Lipinski definition) is 11. The second-order valence-electron chi connectivity index (χ2n) is 5.75. The minimum absolute atomic E-state index is 0.221. The lowest BCUT2D eigenvalue weighted by atomic mass is 10.1. The van der Waals surface area contributed by atoms with Gasteiger partial charge in [-0.15, -0.1) is 0 Å². The lowest BCUT2D eigenvalue weighted by Gasteiger charge is -2.11. The number of carboxylic acids is 2. The van der Waals surface area contributed by atoms with Gasteiger partial charge in [0.2, 0.25) is 0 Å². The smallest absolute Gasteiger partial charge is 0.330 e. The van der Waals surface area contributed by atoms with Gasteiger partial charge in [-0.3, -0.25) is 24.0 Å². The number of carbonyl (C=O) groups excluding carboxylic acids is 4. The Morgan fingerprint density at radius 3 is 1.29 bits per heavy atom. The zero-order valence-corrected chi connectivity index (χ0v) is 14.9. The molecule has 0 fully saturated rings. The molecular weight excluding hydrogens is 382 g/mol. The van der Waals surface area contributed by atoms with Crippen LogP contribution in [0.4, 0.5) is 0 Å². The molecule has 0 aliphatic heterocycles. The average Bonchev–Trinajstić information content (AvgIpc) is 2.61. The van der Waals surface area contributed by atoms with Gasteiger partial charge in [0.05, 0.1) is 0 Å². The molecule has 13 nitrogen and oxygen atoms in total. The van der Waals surface area contributed by atoms with E-state index in [1.807, 2.05) is 0 Å². The maximum Gasteiger partial charge on any atom is 0.330 e. The van der Waals surface area contributed by atoms with Crippen LogP contribution in [0, 0.1) is 0 Å². The van der Waals surface area contributed by atoms with Gasteiger partial charge in [-0.1, -0.05) is 0 Å². The summed E-state index contributed by atoms with van der Waals surface area (Å²) < 4.78 is 8.81. The van der Waals surface area contributed by atoms with Gasteiger partial charge in [-0.2, -0.15) is 0 Å². The number of aliphatic carboxylic acids is 2. The van der Waals surface area contributed by atoms with Gasteiger partial charge in [0.15, 0.2) is 0 Å². The second kappa shape index (κ2) is 12.5. The molecule has 0 heterocycles. The van der Waals surface area contributed by atoms with Gasteiger partial charge in [0.25, 0.3) is 0 Å². The zero-order chi connectivity index (χ0) is 21.9. The Hall–Kier alpha value is -2.90. The fraction of sp³-hybridized carbons (Fsp3) is 0.600. The highest BCUT2D eigenvalue weighted by molar-refractivity contribution is 5.89. The van der Waals surface area contributed by atoms with Crippen LogP contribution < -0.4 is 17.2 Å². The Morgan fingerprint density at radius 1 is 0.607 bits per heavy atom. The minimum Gasteiger partial charge on any atom is -0.480 e. The fourth-order valence-electron chi connectivity index (χ4n) is 1.65. The van der Waals surface area contributed by atoms with E-state index in [4.69, 9.17) is 27.4 Å². The van der Waals surface area contributed by atoms with Crippen molar-refractivity contribution in [1.29, 1.82) is 0 Å². The summed E-state index contributed by atoms with van der Waals surface area (Å²) in [6.07, 6.45) is -1.99. The van der Waals surface area contributed by atoms with Crippen LogP contribution in [0.2, 0.25) is 0 Å². The van der Waals surface area contributed by atoms with Crippen molar-refractivity contribution >= 4 is 35.8 Å². The van der Waals surface area contributed by atoms with Crippen molar-refractivity contribution in [3.05, 3.63) is 0 Å². The van der Waals surface area contributed by atoms with E-state index in [1.54, 1.807) is 0 Å². The predicted octanol–water partition coefficient (Wildman–Crippen LogP) is -2.38. The van der Waals surface area contributed by atoms with Gasteiger partial charge >= 0.3 is 35.8 Å². The van der Waals surface area contributed by atoms with Gasteiger partial charge in [-0.25, -0.2) is 4.79 Å². The van der Waals surface area contributed by atoms with Crippen LogP contribution in [0.15, 0.2) is 0 Å². The monoisotopic (exact) mass is 405 g/mol. The molecule has 0 saturated heterocycles. The van der Waals surface area contributed by atoms with Crippen molar-refractivity contribution in [3.8, 4) is 0 Å². The van der Waals surface area contributed by atoms with Crippen molar-refractivity contribution in [3.63, 3.8) is 0 Å². The van der Waals surface area contributed by atoms with Crippen LogP contribution in [-0.4, -0.2) is 64.2 Å². The Bertz CT molecular complexity index is 621. The van der Waals surface area contributed by atoms with Crippen LogP contribution >= 0.6 is 0 Å². The topological polar surface area (TPSA) is 239 Å². The van der Waals surface area contributed by atoms with Crippen LogP contribution in [-0.2, 0) is 38.2 Å². The average molecular weight is 405 g/mol. The normalized spacial score (nSPS) is 13.7. The number of hydrogen-bond donors (Lipinski definition) is 5. The summed E-state index contributed by atoms with van der Waals surface area (Å²) in [7, 11) is 0. The molecule has 0 spiro atoms. The van der Waals surface area contributed by atoms with Crippen molar-refractivity contribution in [2.75, 3.05) is 0 Å². The molecule has 0 amide bonds. The van der Waals surface area contributed by atoms with E-state index in [2.05, 4.69) is 9.47 Å². The largest absolute Gasteiger partial charge is 0.480 e. The van der Waals surface area contributed by atoms with Crippen LogP contribution in [0.3, 0.4) is 0 Å². The van der Waals surface area contributed by atoms with Crippen molar-refractivity contribution in [2.24, 2.45) is 17.2 Å². The third-order valence-corrected chi connectivity index (χ3v) is 3.36. The Labute approximate surface area is 159 Å². The lowest BCUT2D eigenvalue weighted by Crippen LogP contribution is -2.35. The molecule has 0 aromatic rings.